The molecule has 148 valence electrons. The highest BCUT2D eigenvalue weighted by molar-refractivity contribution is 6.39. The number of carbonyl (C=O) groups excluding carboxylic acids is 2. The number of hydrogen-bond donors (Lipinski definition) is 2. The lowest BCUT2D eigenvalue weighted by Gasteiger charge is -2.12. The molecule has 0 saturated carbocycles. The van der Waals surface area contributed by atoms with Crippen LogP contribution in [0, 0.1) is 13.8 Å². The summed E-state index contributed by atoms with van der Waals surface area (Å²) in [5.41, 5.74) is 5.42. The first-order chi connectivity index (χ1) is 13.4. The van der Waals surface area contributed by atoms with E-state index in [1.54, 1.807) is 24.3 Å². The van der Waals surface area contributed by atoms with E-state index < -0.39 is 11.8 Å². The molecule has 0 unspecified atom stereocenters. The van der Waals surface area contributed by atoms with Gasteiger partial charge in [0.05, 0.1) is 27.5 Å². The van der Waals surface area contributed by atoms with Gasteiger partial charge in [0.2, 0.25) is 5.75 Å². The first-order valence-corrected chi connectivity index (χ1v) is 8.41. The zero-order chi connectivity index (χ0) is 20.7. The number of ether oxygens (including phenoxy) is 3. The Bertz CT molecular complexity index is 884. The van der Waals surface area contributed by atoms with Crippen molar-refractivity contribution in [3.05, 3.63) is 47.0 Å². The first kappa shape index (κ1) is 20.8. The Morgan fingerprint density at radius 1 is 0.893 bits per heavy atom. The number of methoxy groups -OCH3 is 3. The molecule has 2 amide bonds. The molecule has 0 aliphatic heterocycles. The van der Waals surface area contributed by atoms with Gasteiger partial charge in [-0.15, -0.1) is 0 Å². The summed E-state index contributed by atoms with van der Waals surface area (Å²) in [6.07, 6.45) is 1.37. The van der Waals surface area contributed by atoms with Gasteiger partial charge in [-0.25, -0.2) is 5.43 Å². The summed E-state index contributed by atoms with van der Waals surface area (Å²) in [6, 6.07) is 8.70. The molecule has 2 aromatic rings. The van der Waals surface area contributed by atoms with E-state index >= 15 is 0 Å². The van der Waals surface area contributed by atoms with Crippen LogP contribution in [0.4, 0.5) is 5.69 Å². The first-order valence-electron chi connectivity index (χ1n) is 8.41. The van der Waals surface area contributed by atoms with Gasteiger partial charge in [0.1, 0.15) is 0 Å². The predicted molar refractivity (Wildman–Crippen MR) is 106 cm³/mol. The highest BCUT2D eigenvalue weighted by Gasteiger charge is 2.14. The maximum atomic E-state index is 12.0. The smallest absolute Gasteiger partial charge is 0.329 e. The van der Waals surface area contributed by atoms with E-state index in [1.165, 1.54) is 27.5 Å². The third kappa shape index (κ3) is 5.00. The number of rotatable bonds is 6. The third-order valence-corrected chi connectivity index (χ3v) is 4.04. The second-order valence-electron chi connectivity index (χ2n) is 5.91. The van der Waals surface area contributed by atoms with Crippen molar-refractivity contribution >= 4 is 23.7 Å². The number of hydrazone groups is 1. The Morgan fingerprint density at radius 2 is 1.54 bits per heavy atom. The van der Waals surface area contributed by atoms with Crippen LogP contribution in [-0.2, 0) is 9.59 Å². The van der Waals surface area contributed by atoms with Crippen LogP contribution in [0.15, 0.2) is 35.4 Å². The Labute approximate surface area is 163 Å². The minimum atomic E-state index is -0.887. The molecule has 0 spiro atoms. The second kappa shape index (κ2) is 9.40. The fourth-order valence-electron chi connectivity index (χ4n) is 2.40. The van der Waals surface area contributed by atoms with Crippen molar-refractivity contribution in [2.75, 3.05) is 26.6 Å². The lowest BCUT2D eigenvalue weighted by atomic mass is 10.1. The largest absolute Gasteiger partial charge is 0.493 e. The minimum Gasteiger partial charge on any atom is -0.493 e. The van der Waals surface area contributed by atoms with Crippen LogP contribution in [0.2, 0.25) is 0 Å². The number of nitrogens with zero attached hydrogens (tertiary/aromatic N) is 1. The highest BCUT2D eigenvalue weighted by Crippen LogP contribution is 2.37. The molecule has 8 heteroatoms. The lowest BCUT2D eigenvalue weighted by Crippen LogP contribution is -2.32. The zero-order valence-corrected chi connectivity index (χ0v) is 16.5. The molecule has 0 aliphatic carbocycles. The van der Waals surface area contributed by atoms with E-state index in [0.29, 0.717) is 28.5 Å². The molecule has 0 aromatic heterocycles. The van der Waals surface area contributed by atoms with Gasteiger partial charge in [-0.2, -0.15) is 5.10 Å². The van der Waals surface area contributed by atoms with E-state index in [2.05, 4.69) is 15.8 Å². The zero-order valence-electron chi connectivity index (χ0n) is 16.5. The molecule has 2 rings (SSSR count). The normalized spacial score (nSPS) is 10.5. The summed E-state index contributed by atoms with van der Waals surface area (Å²) >= 11 is 0. The van der Waals surface area contributed by atoms with Crippen molar-refractivity contribution < 1.29 is 23.8 Å². The molecule has 8 nitrogen and oxygen atoms in total. The Balaban J connectivity index is 2.04. The third-order valence-electron chi connectivity index (χ3n) is 4.04. The predicted octanol–water partition coefficient (Wildman–Crippen LogP) is 2.42. The molecule has 0 bridgehead atoms. The molecule has 0 atom stereocenters. The highest BCUT2D eigenvalue weighted by atomic mass is 16.5. The van der Waals surface area contributed by atoms with Gasteiger partial charge in [0, 0.05) is 11.3 Å². The average molecular weight is 385 g/mol. The Hall–Kier alpha value is -3.55. The average Bonchev–Trinajstić information content (AvgIpc) is 2.69. The maximum Gasteiger partial charge on any atom is 0.329 e. The number of carbonyl (C=O) groups is 2. The van der Waals surface area contributed by atoms with Gasteiger partial charge in [-0.05, 0) is 49.2 Å². The number of amides is 2. The summed E-state index contributed by atoms with van der Waals surface area (Å²) < 4.78 is 15.7. The van der Waals surface area contributed by atoms with Crippen LogP contribution in [0.25, 0.3) is 0 Å². The van der Waals surface area contributed by atoms with Crippen LogP contribution in [0.3, 0.4) is 0 Å². The fourth-order valence-corrected chi connectivity index (χ4v) is 2.40. The molecule has 0 aliphatic rings. The molecule has 0 saturated heterocycles. The van der Waals surface area contributed by atoms with Crippen molar-refractivity contribution in [2.45, 2.75) is 13.8 Å². The molecule has 28 heavy (non-hydrogen) atoms. The van der Waals surface area contributed by atoms with Crippen LogP contribution in [0.5, 0.6) is 17.2 Å². The SMILES string of the molecule is COc1cc(C=NNC(=O)C(=O)Nc2ccc(C)c(C)c2)cc(OC)c1OC. The van der Waals surface area contributed by atoms with Gasteiger partial charge >= 0.3 is 11.8 Å². The van der Waals surface area contributed by atoms with Crippen LogP contribution >= 0.6 is 0 Å². The Morgan fingerprint density at radius 3 is 2.07 bits per heavy atom. The van der Waals surface area contributed by atoms with Crippen molar-refractivity contribution in [3.8, 4) is 17.2 Å². The van der Waals surface area contributed by atoms with Gasteiger partial charge in [0.25, 0.3) is 0 Å². The lowest BCUT2D eigenvalue weighted by molar-refractivity contribution is -0.136. The maximum absolute atomic E-state index is 12.0. The number of anilines is 1. The molecule has 2 N–H and O–H groups in total. The van der Waals surface area contributed by atoms with Crippen molar-refractivity contribution in [2.24, 2.45) is 5.10 Å². The summed E-state index contributed by atoms with van der Waals surface area (Å²) in [5, 5.41) is 6.33. The molecular formula is C20H23N3O5. The van der Waals surface area contributed by atoms with E-state index in [9.17, 15) is 9.59 Å². The quantitative estimate of drug-likeness (QED) is 0.452. The summed E-state index contributed by atoms with van der Waals surface area (Å²) in [7, 11) is 4.50. The number of benzene rings is 2. The van der Waals surface area contributed by atoms with E-state index in [0.717, 1.165) is 11.1 Å². The van der Waals surface area contributed by atoms with E-state index in [4.69, 9.17) is 14.2 Å². The molecular weight excluding hydrogens is 362 g/mol. The molecule has 2 aromatic carbocycles. The topological polar surface area (TPSA) is 98.2 Å². The number of hydrogen-bond acceptors (Lipinski definition) is 6. The van der Waals surface area contributed by atoms with Gasteiger partial charge < -0.3 is 19.5 Å². The van der Waals surface area contributed by atoms with E-state index in [-0.39, 0.29) is 0 Å². The molecule has 0 radical (unpaired) electrons. The second-order valence-corrected chi connectivity index (χ2v) is 5.91. The number of nitrogens with one attached hydrogen (secondary N) is 2. The van der Waals surface area contributed by atoms with Gasteiger partial charge in [-0.3, -0.25) is 9.59 Å². The van der Waals surface area contributed by atoms with Crippen molar-refractivity contribution in [1.82, 2.24) is 5.43 Å². The summed E-state index contributed by atoms with van der Waals surface area (Å²) in [4.78, 5) is 23.9. The van der Waals surface area contributed by atoms with Gasteiger partial charge in [-0.1, -0.05) is 6.07 Å². The fraction of sp³-hybridized carbons (Fsp3) is 0.250. The van der Waals surface area contributed by atoms with Crippen molar-refractivity contribution in [3.63, 3.8) is 0 Å². The van der Waals surface area contributed by atoms with Gasteiger partial charge in [0.15, 0.2) is 11.5 Å². The van der Waals surface area contributed by atoms with E-state index in [1.807, 2.05) is 19.9 Å². The molecule has 0 heterocycles. The van der Waals surface area contributed by atoms with Crippen LogP contribution < -0.4 is 25.0 Å². The standard InChI is InChI=1S/C20H23N3O5/c1-12-6-7-15(8-13(12)2)22-19(24)20(25)23-21-11-14-9-16(26-3)18(28-5)17(10-14)27-4/h6-11H,1-5H3,(H,22,24)(H,23,25). The van der Waals surface area contributed by atoms with Crippen molar-refractivity contribution in [1.29, 1.82) is 0 Å². The van der Waals surface area contributed by atoms with Crippen LogP contribution in [0.1, 0.15) is 16.7 Å². The summed E-state index contributed by atoms with van der Waals surface area (Å²) in [6.45, 7) is 3.89. The number of aryl methyl sites for hydroxylation is 2. The monoisotopic (exact) mass is 385 g/mol. The van der Waals surface area contributed by atoms with Crippen LogP contribution in [-0.4, -0.2) is 39.4 Å². The summed E-state index contributed by atoms with van der Waals surface area (Å²) in [5.74, 6) is -0.365. The Kier molecular flexibility index (Phi) is 6.97. The minimum absolute atomic E-state index is 0.443. The molecule has 0 fully saturated rings.